The number of aliphatic hydroxyl groups is 1. The lowest BCUT2D eigenvalue weighted by Gasteiger charge is -2.44. The van der Waals surface area contributed by atoms with Gasteiger partial charge >= 0.3 is 18.3 Å². The van der Waals surface area contributed by atoms with E-state index < -0.39 is 55.6 Å². The van der Waals surface area contributed by atoms with Gasteiger partial charge in [0, 0.05) is 5.92 Å². The van der Waals surface area contributed by atoms with Crippen molar-refractivity contribution in [2.45, 2.75) is 69.5 Å². The summed E-state index contributed by atoms with van der Waals surface area (Å²) < 4.78 is 90.1. The van der Waals surface area contributed by atoms with E-state index in [0.29, 0.717) is 6.42 Å². The zero-order chi connectivity index (χ0) is 19.3. The number of halogens is 6. The standard InChI is InChI=1S/C15H22F6O4/c1-10(25-12(23)7-8-22)9-24-13(14(16,17)18,15(19,20)21)11-5-3-2-4-6-11/h10-11,22H,2-9H2,1H3. The van der Waals surface area contributed by atoms with Crippen molar-refractivity contribution in [3.05, 3.63) is 0 Å². The predicted octanol–water partition coefficient (Wildman–Crippen LogP) is 3.76. The summed E-state index contributed by atoms with van der Waals surface area (Å²) in [6.07, 6.45) is -12.4. The highest BCUT2D eigenvalue weighted by Crippen LogP contribution is 2.54. The molecule has 148 valence electrons. The van der Waals surface area contributed by atoms with Crippen LogP contribution in [-0.2, 0) is 14.3 Å². The minimum absolute atomic E-state index is 0.238. The molecule has 0 heterocycles. The number of rotatable bonds is 7. The van der Waals surface area contributed by atoms with Gasteiger partial charge in [-0.3, -0.25) is 4.79 Å². The summed E-state index contributed by atoms with van der Waals surface area (Å²) in [7, 11) is 0. The molecular weight excluding hydrogens is 358 g/mol. The summed E-state index contributed by atoms with van der Waals surface area (Å²) in [5, 5.41) is 8.56. The second-order valence-electron chi connectivity index (χ2n) is 6.15. The molecule has 1 aliphatic carbocycles. The lowest BCUT2D eigenvalue weighted by atomic mass is 9.75. The fraction of sp³-hybridized carbons (Fsp3) is 0.933. The molecule has 0 radical (unpaired) electrons. The quantitative estimate of drug-likeness (QED) is 0.540. The van der Waals surface area contributed by atoms with Gasteiger partial charge < -0.3 is 14.6 Å². The van der Waals surface area contributed by atoms with Crippen molar-refractivity contribution in [3.63, 3.8) is 0 Å². The van der Waals surface area contributed by atoms with Crippen molar-refractivity contribution in [3.8, 4) is 0 Å². The molecule has 0 spiro atoms. The Morgan fingerprint density at radius 3 is 2.04 bits per heavy atom. The van der Waals surface area contributed by atoms with Crippen LogP contribution in [0.15, 0.2) is 0 Å². The van der Waals surface area contributed by atoms with E-state index in [0.717, 1.165) is 6.92 Å². The van der Waals surface area contributed by atoms with Crippen molar-refractivity contribution in [1.29, 1.82) is 0 Å². The van der Waals surface area contributed by atoms with Crippen molar-refractivity contribution in [2.75, 3.05) is 13.2 Å². The molecule has 1 unspecified atom stereocenters. The first-order chi connectivity index (χ1) is 11.5. The summed E-state index contributed by atoms with van der Waals surface area (Å²) in [6.45, 7) is -0.454. The van der Waals surface area contributed by atoms with E-state index >= 15 is 0 Å². The van der Waals surface area contributed by atoms with E-state index in [4.69, 9.17) is 5.11 Å². The number of ether oxygens (including phenoxy) is 2. The molecule has 1 N–H and O–H groups in total. The van der Waals surface area contributed by atoms with Crippen LogP contribution in [0.25, 0.3) is 0 Å². The summed E-state index contributed by atoms with van der Waals surface area (Å²) in [5.74, 6) is -2.66. The number of carbonyl (C=O) groups excluding carboxylic acids is 1. The Morgan fingerprint density at radius 2 is 1.60 bits per heavy atom. The topological polar surface area (TPSA) is 55.8 Å². The van der Waals surface area contributed by atoms with E-state index in [1.165, 1.54) is 0 Å². The highest BCUT2D eigenvalue weighted by atomic mass is 19.4. The summed E-state index contributed by atoms with van der Waals surface area (Å²) >= 11 is 0. The van der Waals surface area contributed by atoms with Crippen LogP contribution < -0.4 is 0 Å². The Morgan fingerprint density at radius 1 is 1.08 bits per heavy atom. The molecule has 1 aliphatic rings. The first-order valence-electron chi connectivity index (χ1n) is 8.03. The molecule has 0 aromatic heterocycles. The monoisotopic (exact) mass is 380 g/mol. The van der Waals surface area contributed by atoms with Crippen LogP contribution in [0.5, 0.6) is 0 Å². The van der Waals surface area contributed by atoms with Crippen molar-refractivity contribution >= 4 is 5.97 Å². The second kappa shape index (κ2) is 8.57. The van der Waals surface area contributed by atoms with Crippen LogP contribution in [0.1, 0.15) is 45.4 Å². The van der Waals surface area contributed by atoms with Gasteiger partial charge in [-0.25, -0.2) is 0 Å². The van der Waals surface area contributed by atoms with Crippen molar-refractivity contribution in [1.82, 2.24) is 0 Å². The summed E-state index contributed by atoms with van der Waals surface area (Å²) in [5.41, 5.74) is -4.28. The SMILES string of the molecule is CC(COC(C1CCCCC1)(C(F)(F)F)C(F)(F)F)OC(=O)CCO. The predicted molar refractivity (Wildman–Crippen MR) is 74.6 cm³/mol. The van der Waals surface area contributed by atoms with Gasteiger partial charge in [-0.05, 0) is 19.8 Å². The van der Waals surface area contributed by atoms with Gasteiger partial charge in [0.1, 0.15) is 6.10 Å². The highest BCUT2D eigenvalue weighted by molar-refractivity contribution is 5.69. The van der Waals surface area contributed by atoms with E-state index in [1.807, 2.05) is 0 Å². The van der Waals surface area contributed by atoms with Gasteiger partial charge in [0.15, 0.2) is 0 Å². The van der Waals surface area contributed by atoms with Gasteiger partial charge in [0.05, 0.1) is 19.6 Å². The molecule has 0 aromatic carbocycles. The average Bonchev–Trinajstić information content (AvgIpc) is 2.46. The second-order valence-corrected chi connectivity index (χ2v) is 6.15. The Balaban J connectivity index is 2.99. The molecule has 1 fully saturated rings. The van der Waals surface area contributed by atoms with Crippen molar-refractivity contribution in [2.24, 2.45) is 5.92 Å². The first-order valence-corrected chi connectivity index (χ1v) is 8.03. The molecule has 1 rings (SSSR count). The Labute approximate surface area is 141 Å². The molecule has 0 aromatic rings. The number of alkyl halides is 6. The third kappa shape index (κ3) is 5.22. The minimum atomic E-state index is -5.65. The smallest absolute Gasteiger partial charge is 0.426 e. The molecule has 0 aliphatic heterocycles. The summed E-state index contributed by atoms with van der Waals surface area (Å²) in [6, 6.07) is 0. The molecule has 4 nitrogen and oxygen atoms in total. The number of esters is 1. The van der Waals surface area contributed by atoms with Gasteiger partial charge in [0.25, 0.3) is 5.60 Å². The fourth-order valence-electron chi connectivity index (χ4n) is 3.07. The van der Waals surface area contributed by atoms with E-state index in [2.05, 4.69) is 9.47 Å². The first kappa shape index (κ1) is 22.0. The number of hydrogen-bond donors (Lipinski definition) is 1. The number of aliphatic hydroxyl groups excluding tert-OH is 1. The zero-order valence-electron chi connectivity index (χ0n) is 13.8. The lowest BCUT2D eigenvalue weighted by Crippen LogP contribution is -2.64. The molecular formula is C15H22F6O4. The molecule has 1 saturated carbocycles. The number of carbonyl (C=O) groups is 1. The third-order valence-electron chi connectivity index (χ3n) is 4.22. The van der Waals surface area contributed by atoms with Gasteiger partial charge in [-0.15, -0.1) is 0 Å². The van der Waals surface area contributed by atoms with E-state index in [9.17, 15) is 31.1 Å². The fourth-order valence-corrected chi connectivity index (χ4v) is 3.07. The highest BCUT2D eigenvalue weighted by Gasteiger charge is 2.75. The van der Waals surface area contributed by atoms with E-state index in [-0.39, 0.29) is 25.7 Å². The Hall–Kier alpha value is -1.03. The maximum Gasteiger partial charge on any atom is 0.426 e. The largest absolute Gasteiger partial charge is 0.460 e. The van der Waals surface area contributed by atoms with Crippen LogP contribution in [-0.4, -0.2) is 48.3 Å². The lowest BCUT2D eigenvalue weighted by molar-refractivity contribution is -0.401. The molecule has 25 heavy (non-hydrogen) atoms. The average molecular weight is 380 g/mol. The maximum absolute atomic E-state index is 13.5. The molecule has 0 saturated heterocycles. The third-order valence-corrected chi connectivity index (χ3v) is 4.22. The number of hydrogen-bond acceptors (Lipinski definition) is 4. The Bertz CT molecular complexity index is 415. The minimum Gasteiger partial charge on any atom is -0.460 e. The van der Waals surface area contributed by atoms with Crippen LogP contribution in [0.4, 0.5) is 26.3 Å². The maximum atomic E-state index is 13.5. The molecule has 1 atom stereocenters. The zero-order valence-corrected chi connectivity index (χ0v) is 13.8. The Kier molecular flexibility index (Phi) is 7.54. The summed E-state index contributed by atoms with van der Waals surface area (Å²) in [4.78, 5) is 11.2. The molecule has 0 amide bonds. The van der Waals surface area contributed by atoms with Gasteiger partial charge in [-0.2, -0.15) is 26.3 Å². The van der Waals surface area contributed by atoms with Gasteiger partial charge in [-0.1, -0.05) is 19.3 Å². The van der Waals surface area contributed by atoms with Gasteiger partial charge in [0.2, 0.25) is 0 Å². The van der Waals surface area contributed by atoms with E-state index in [1.54, 1.807) is 0 Å². The van der Waals surface area contributed by atoms with Crippen LogP contribution >= 0.6 is 0 Å². The molecule has 0 bridgehead atoms. The molecule has 10 heteroatoms. The van der Waals surface area contributed by atoms with Crippen LogP contribution in [0.2, 0.25) is 0 Å². The normalized spacial score (nSPS) is 18.9. The van der Waals surface area contributed by atoms with Crippen LogP contribution in [0, 0.1) is 5.92 Å². The van der Waals surface area contributed by atoms with Crippen molar-refractivity contribution < 1.29 is 45.7 Å². The van der Waals surface area contributed by atoms with Crippen LogP contribution in [0.3, 0.4) is 0 Å².